The largest absolute Gasteiger partial charge is 0.481 e. The quantitative estimate of drug-likeness (QED) is 0.830. The highest BCUT2D eigenvalue weighted by atomic mass is 16.4. The van der Waals surface area contributed by atoms with Crippen molar-refractivity contribution in [2.75, 3.05) is 0 Å². The van der Waals surface area contributed by atoms with E-state index in [1.54, 1.807) is 10.7 Å². The number of carbonyl (C=O) groups is 1. The van der Waals surface area contributed by atoms with E-state index in [2.05, 4.69) is 5.10 Å². The lowest BCUT2D eigenvalue weighted by molar-refractivity contribution is -0.137. The molecule has 0 aliphatic rings. The number of carboxylic acids is 1. The molecule has 0 amide bonds. The van der Waals surface area contributed by atoms with Crippen molar-refractivity contribution in [3.05, 3.63) is 36.2 Å². The first kappa shape index (κ1) is 9.71. The molecule has 0 saturated carbocycles. The van der Waals surface area contributed by atoms with Crippen molar-refractivity contribution in [1.29, 1.82) is 0 Å². The van der Waals surface area contributed by atoms with Gasteiger partial charge in [-0.3, -0.25) is 4.79 Å². The van der Waals surface area contributed by atoms with E-state index in [9.17, 15) is 4.79 Å². The molecular weight excluding hydrogens is 192 g/mol. The lowest BCUT2D eigenvalue weighted by Gasteiger charge is -2.10. The van der Waals surface area contributed by atoms with Gasteiger partial charge in [0.25, 0.3) is 0 Å². The molecule has 0 fully saturated rings. The molecule has 0 aromatic carbocycles. The van der Waals surface area contributed by atoms with Crippen molar-refractivity contribution in [3.8, 4) is 0 Å². The summed E-state index contributed by atoms with van der Waals surface area (Å²) in [5, 5.41) is 12.9. The molecule has 0 aliphatic carbocycles. The normalized spacial score (nSPS) is 12.9. The SMILES string of the molecule is CC(CC(=O)O)c1cccn2nccc12. The van der Waals surface area contributed by atoms with Gasteiger partial charge in [0.2, 0.25) is 0 Å². The molecule has 4 heteroatoms. The van der Waals surface area contributed by atoms with Crippen LogP contribution in [0.25, 0.3) is 5.52 Å². The first-order valence-electron chi connectivity index (χ1n) is 4.82. The third kappa shape index (κ3) is 1.83. The topological polar surface area (TPSA) is 54.6 Å². The number of carboxylic acid groups (broad SMARTS) is 1. The minimum absolute atomic E-state index is 0.00269. The van der Waals surface area contributed by atoms with Gasteiger partial charge in [0.1, 0.15) is 0 Å². The van der Waals surface area contributed by atoms with Gasteiger partial charge in [0.15, 0.2) is 0 Å². The van der Waals surface area contributed by atoms with Gasteiger partial charge in [0.05, 0.1) is 11.9 Å². The monoisotopic (exact) mass is 204 g/mol. The summed E-state index contributed by atoms with van der Waals surface area (Å²) in [6.45, 7) is 1.91. The second kappa shape index (κ2) is 3.73. The molecular formula is C11H12N2O2. The predicted molar refractivity (Wildman–Crippen MR) is 55.9 cm³/mol. The van der Waals surface area contributed by atoms with Gasteiger partial charge in [-0.05, 0) is 23.6 Å². The van der Waals surface area contributed by atoms with Gasteiger partial charge in [-0.15, -0.1) is 0 Å². The second-order valence-corrected chi connectivity index (χ2v) is 3.62. The molecule has 2 aromatic heterocycles. The standard InChI is InChI=1S/C11H12N2O2/c1-8(7-11(14)15)9-3-2-6-13-10(9)4-5-12-13/h2-6,8H,7H2,1H3,(H,14,15). The Morgan fingerprint density at radius 2 is 2.40 bits per heavy atom. The van der Waals surface area contributed by atoms with E-state index >= 15 is 0 Å². The Balaban J connectivity index is 2.42. The molecule has 0 aliphatic heterocycles. The third-order valence-corrected chi connectivity index (χ3v) is 2.48. The zero-order valence-electron chi connectivity index (χ0n) is 8.42. The van der Waals surface area contributed by atoms with Crippen LogP contribution in [0.3, 0.4) is 0 Å². The Hall–Kier alpha value is -1.84. The van der Waals surface area contributed by atoms with Crippen LogP contribution in [-0.2, 0) is 4.79 Å². The predicted octanol–water partition coefficient (Wildman–Crippen LogP) is 1.91. The van der Waals surface area contributed by atoms with Gasteiger partial charge >= 0.3 is 5.97 Å². The number of hydrogen-bond acceptors (Lipinski definition) is 2. The molecule has 1 unspecified atom stereocenters. The third-order valence-electron chi connectivity index (χ3n) is 2.48. The summed E-state index contributed by atoms with van der Waals surface area (Å²) in [6.07, 6.45) is 3.71. The Bertz CT molecular complexity index is 490. The second-order valence-electron chi connectivity index (χ2n) is 3.62. The Morgan fingerprint density at radius 1 is 1.60 bits per heavy atom. The molecule has 2 aromatic rings. The minimum Gasteiger partial charge on any atom is -0.481 e. The highest BCUT2D eigenvalue weighted by molar-refractivity contribution is 5.69. The fourth-order valence-corrected chi connectivity index (χ4v) is 1.76. The molecule has 15 heavy (non-hydrogen) atoms. The van der Waals surface area contributed by atoms with Crippen LogP contribution in [0.5, 0.6) is 0 Å². The van der Waals surface area contributed by atoms with Gasteiger partial charge in [-0.1, -0.05) is 13.0 Å². The molecule has 0 radical (unpaired) electrons. The zero-order chi connectivity index (χ0) is 10.8. The van der Waals surface area contributed by atoms with Crippen LogP contribution in [0.4, 0.5) is 0 Å². The number of pyridine rings is 1. The number of hydrogen-bond donors (Lipinski definition) is 1. The number of aliphatic carboxylic acids is 1. The van der Waals surface area contributed by atoms with Crippen molar-refractivity contribution in [1.82, 2.24) is 9.61 Å². The Morgan fingerprint density at radius 3 is 3.13 bits per heavy atom. The van der Waals surface area contributed by atoms with Gasteiger partial charge in [-0.2, -0.15) is 5.10 Å². The fourth-order valence-electron chi connectivity index (χ4n) is 1.76. The first-order chi connectivity index (χ1) is 7.18. The maximum absolute atomic E-state index is 10.6. The maximum atomic E-state index is 10.6. The Labute approximate surface area is 87.2 Å². The lowest BCUT2D eigenvalue weighted by Crippen LogP contribution is -2.04. The molecule has 0 saturated heterocycles. The van der Waals surface area contributed by atoms with Crippen molar-refractivity contribution in [2.24, 2.45) is 0 Å². The van der Waals surface area contributed by atoms with Gasteiger partial charge in [0, 0.05) is 12.4 Å². The van der Waals surface area contributed by atoms with Gasteiger partial charge in [-0.25, -0.2) is 4.52 Å². The summed E-state index contributed by atoms with van der Waals surface area (Å²) < 4.78 is 1.76. The van der Waals surface area contributed by atoms with Crippen LogP contribution in [0, 0.1) is 0 Å². The summed E-state index contributed by atoms with van der Waals surface area (Å²) in [4.78, 5) is 10.6. The Kier molecular flexibility index (Phi) is 2.41. The smallest absolute Gasteiger partial charge is 0.303 e. The number of nitrogens with zero attached hydrogens (tertiary/aromatic N) is 2. The molecule has 2 rings (SSSR count). The summed E-state index contributed by atoms with van der Waals surface area (Å²) in [6, 6.07) is 5.73. The van der Waals surface area contributed by atoms with Crippen LogP contribution in [-0.4, -0.2) is 20.7 Å². The van der Waals surface area contributed by atoms with Crippen molar-refractivity contribution < 1.29 is 9.90 Å². The summed E-state index contributed by atoms with van der Waals surface area (Å²) >= 11 is 0. The molecule has 2 heterocycles. The van der Waals surface area contributed by atoms with Crippen LogP contribution in [0.2, 0.25) is 0 Å². The van der Waals surface area contributed by atoms with Crippen LogP contribution in [0.15, 0.2) is 30.6 Å². The highest BCUT2D eigenvalue weighted by Gasteiger charge is 2.13. The molecule has 0 bridgehead atoms. The molecule has 0 spiro atoms. The number of aromatic nitrogens is 2. The van der Waals surface area contributed by atoms with Crippen LogP contribution < -0.4 is 0 Å². The molecule has 1 N–H and O–H groups in total. The van der Waals surface area contributed by atoms with E-state index in [-0.39, 0.29) is 12.3 Å². The molecule has 4 nitrogen and oxygen atoms in total. The fraction of sp³-hybridized carbons (Fsp3) is 0.273. The molecule has 78 valence electrons. The molecule has 1 atom stereocenters. The van der Waals surface area contributed by atoms with Crippen LogP contribution >= 0.6 is 0 Å². The number of rotatable bonds is 3. The zero-order valence-corrected chi connectivity index (χ0v) is 8.42. The van der Waals surface area contributed by atoms with Crippen molar-refractivity contribution in [3.63, 3.8) is 0 Å². The lowest BCUT2D eigenvalue weighted by atomic mass is 9.98. The van der Waals surface area contributed by atoms with E-state index < -0.39 is 5.97 Å². The summed E-state index contributed by atoms with van der Waals surface area (Å²) in [7, 11) is 0. The van der Waals surface area contributed by atoms with E-state index in [1.807, 2.05) is 31.3 Å². The minimum atomic E-state index is -0.774. The van der Waals surface area contributed by atoms with Crippen molar-refractivity contribution >= 4 is 11.5 Å². The van der Waals surface area contributed by atoms with Gasteiger partial charge < -0.3 is 5.11 Å². The van der Waals surface area contributed by atoms with E-state index in [4.69, 9.17) is 5.11 Å². The van der Waals surface area contributed by atoms with E-state index in [0.717, 1.165) is 11.1 Å². The van der Waals surface area contributed by atoms with E-state index in [1.165, 1.54) is 0 Å². The average molecular weight is 204 g/mol. The van der Waals surface area contributed by atoms with Crippen LogP contribution in [0.1, 0.15) is 24.8 Å². The summed E-state index contributed by atoms with van der Waals surface area (Å²) in [5.41, 5.74) is 2.00. The first-order valence-corrected chi connectivity index (χ1v) is 4.82. The van der Waals surface area contributed by atoms with E-state index in [0.29, 0.717) is 0 Å². The maximum Gasteiger partial charge on any atom is 0.303 e. The highest BCUT2D eigenvalue weighted by Crippen LogP contribution is 2.23. The summed E-state index contributed by atoms with van der Waals surface area (Å²) in [5.74, 6) is -0.771. The average Bonchev–Trinajstić information content (AvgIpc) is 2.63. The van der Waals surface area contributed by atoms with Crippen molar-refractivity contribution in [2.45, 2.75) is 19.3 Å². The number of fused-ring (bicyclic) bond motifs is 1.